The Morgan fingerprint density at radius 1 is 0.880 bits per heavy atom. The highest BCUT2D eigenvalue weighted by atomic mass is 35.5. The molecule has 0 atom stereocenters. The molecule has 7 heteroatoms. The highest BCUT2D eigenvalue weighted by molar-refractivity contribution is 7.99. The van der Waals surface area contributed by atoms with Crippen molar-refractivity contribution in [2.75, 3.05) is 11.1 Å². The van der Waals surface area contributed by atoms with Crippen LogP contribution in [0.3, 0.4) is 0 Å². The monoisotopic (exact) mass is 389 g/mol. The van der Waals surface area contributed by atoms with Crippen molar-refractivity contribution < 1.29 is 4.79 Å². The maximum atomic E-state index is 12.0. The minimum Gasteiger partial charge on any atom is -0.325 e. The minimum atomic E-state index is -0.115. The van der Waals surface area contributed by atoms with Crippen LogP contribution in [-0.4, -0.2) is 21.9 Å². The summed E-state index contributed by atoms with van der Waals surface area (Å²) < 4.78 is 0. The third-order valence-corrected chi connectivity index (χ3v) is 4.68. The molecular weight excluding hydrogens is 377 g/mol. The van der Waals surface area contributed by atoms with Crippen LogP contribution in [0, 0.1) is 0 Å². The van der Waals surface area contributed by atoms with Crippen LogP contribution in [0.15, 0.2) is 65.7 Å². The molecular formula is C18H13Cl2N3OS. The summed E-state index contributed by atoms with van der Waals surface area (Å²) in [5.41, 5.74) is 2.40. The van der Waals surface area contributed by atoms with Gasteiger partial charge in [-0.1, -0.05) is 47.1 Å². The molecule has 0 radical (unpaired) electrons. The van der Waals surface area contributed by atoms with Crippen LogP contribution in [0.5, 0.6) is 0 Å². The number of halogens is 2. The number of amides is 1. The Bertz CT molecular complexity index is 853. The molecule has 0 saturated carbocycles. The summed E-state index contributed by atoms with van der Waals surface area (Å²) in [5, 5.41) is 13.1. The van der Waals surface area contributed by atoms with Gasteiger partial charge in [-0.25, -0.2) is 0 Å². The first-order valence-electron chi connectivity index (χ1n) is 7.38. The summed E-state index contributed by atoms with van der Waals surface area (Å²) in [7, 11) is 0. The molecule has 0 unspecified atom stereocenters. The summed E-state index contributed by atoms with van der Waals surface area (Å²) in [4.78, 5) is 12.0. The zero-order chi connectivity index (χ0) is 17.6. The Kier molecular flexibility index (Phi) is 5.91. The van der Waals surface area contributed by atoms with E-state index < -0.39 is 0 Å². The molecule has 0 saturated heterocycles. The van der Waals surface area contributed by atoms with Crippen LogP contribution >= 0.6 is 35.0 Å². The number of hydrogen-bond donors (Lipinski definition) is 1. The summed E-state index contributed by atoms with van der Waals surface area (Å²) in [5.74, 6) is 0.133. The van der Waals surface area contributed by atoms with Gasteiger partial charge in [0.25, 0.3) is 0 Å². The smallest absolute Gasteiger partial charge is 0.234 e. The fourth-order valence-electron chi connectivity index (χ4n) is 2.04. The SMILES string of the molecule is O=C(CSc1ccc(-c2ccc(Cl)cc2)nn1)Nc1ccc(Cl)cc1. The Morgan fingerprint density at radius 2 is 1.52 bits per heavy atom. The first kappa shape index (κ1) is 17.7. The van der Waals surface area contributed by atoms with Gasteiger partial charge in [0.2, 0.25) is 5.91 Å². The van der Waals surface area contributed by atoms with Crippen molar-refractivity contribution in [3.8, 4) is 11.3 Å². The molecule has 1 N–H and O–H groups in total. The van der Waals surface area contributed by atoms with Gasteiger partial charge in [0, 0.05) is 21.3 Å². The molecule has 0 aliphatic carbocycles. The average molecular weight is 390 g/mol. The molecule has 126 valence electrons. The molecule has 1 amide bonds. The topological polar surface area (TPSA) is 54.9 Å². The summed E-state index contributed by atoms with van der Waals surface area (Å²) in [6.07, 6.45) is 0. The molecule has 0 bridgehead atoms. The Morgan fingerprint density at radius 3 is 2.12 bits per heavy atom. The number of carbonyl (C=O) groups is 1. The quantitative estimate of drug-likeness (QED) is 0.610. The van der Waals surface area contributed by atoms with Crippen molar-refractivity contribution >= 4 is 46.6 Å². The van der Waals surface area contributed by atoms with Crippen LogP contribution in [0.1, 0.15) is 0 Å². The average Bonchev–Trinajstić information content (AvgIpc) is 2.63. The predicted molar refractivity (Wildman–Crippen MR) is 103 cm³/mol. The fraction of sp³-hybridized carbons (Fsp3) is 0.0556. The van der Waals surface area contributed by atoms with Gasteiger partial charge in [-0.3, -0.25) is 4.79 Å². The van der Waals surface area contributed by atoms with Gasteiger partial charge in [0.1, 0.15) is 5.03 Å². The van der Waals surface area contributed by atoms with E-state index in [4.69, 9.17) is 23.2 Å². The lowest BCUT2D eigenvalue weighted by Gasteiger charge is -2.05. The van der Waals surface area contributed by atoms with E-state index in [1.807, 2.05) is 36.4 Å². The molecule has 0 aliphatic heterocycles. The highest BCUT2D eigenvalue weighted by Gasteiger charge is 2.06. The van der Waals surface area contributed by atoms with Crippen LogP contribution < -0.4 is 5.32 Å². The third kappa shape index (κ3) is 5.19. The first-order chi connectivity index (χ1) is 12.1. The Labute approximate surface area is 159 Å². The highest BCUT2D eigenvalue weighted by Crippen LogP contribution is 2.22. The normalized spacial score (nSPS) is 10.5. The largest absolute Gasteiger partial charge is 0.325 e. The summed E-state index contributed by atoms with van der Waals surface area (Å²) in [6, 6.07) is 18.1. The molecule has 1 aromatic heterocycles. The molecule has 0 spiro atoms. The number of benzene rings is 2. The van der Waals surface area contributed by atoms with E-state index in [1.165, 1.54) is 11.8 Å². The van der Waals surface area contributed by atoms with Gasteiger partial charge < -0.3 is 5.32 Å². The first-order valence-corrected chi connectivity index (χ1v) is 9.12. The number of carbonyl (C=O) groups excluding carboxylic acids is 1. The van der Waals surface area contributed by atoms with Gasteiger partial charge >= 0.3 is 0 Å². The third-order valence-electron chi connectivity index (χ3n) is 3.26. The van der Waals surface area contributed by atoms with Gasteiger partial charge in [0.15, 0.2) is 0 Å². The van der Waals surface area contributed by atoms with Gasteiger partial charge in [-0.15, -0.1) is 10.2 Å². The maximum absolute atomic E-state index is 12.0. The van der Waals surface area contributed by atoms with E-state index in [2.05, 4.69) is 15.5 Å². The van der Waals surface area contributed by atoms with Crippen molar-refractivity contribution in [1.29, 1.82) is 0 Å². The second kappa shape index (κ2) is 8.34. The van der Waals surface area contributed by atoms with Crippen LogP contribution in [0.25, 0.3) is 11.3 Å². The van der Waals surface area contributed by atoms with Crippen molar-refractivity contribution in [2.45, 2.75) is 5.03 Å². The van der Waals surface area contributed by atoms with Crippen LogP contribution in [0.2, 0.25) is 10.0 Å². The lowest BCUT2D eigenvalue weighted by molar-refractivity contribution is -0.113. The number of thioether (sulfide) groups is 1. The lowest BCUT2D eigenvalue weighted by atomic mass is 10.1. The van der Waals surface area contributed by atoms with Gasteiger partial charge in [0.05, 0.1) is 11.4 Å². The molecule has 3 rings (SSSR count). The molecule has 25 heavy (non-hydrogen) atoms. The molecule has 1 heterocycles. The maximum Gasteiger partial charge on any atom is 0.234 e. The van der Waals surface area contributed by atoms with Crippen molar-refractivity contribution in [3.63, 3.8) is 0 Å². The summed E-state index contributed by atoms with van der Waals surface area (Å²) in [6.45, 7) is 0. The lowest BCUT2D eigenvalue weighted by Crippen LogP contribution is -2.14. The van der Waals surface area contributed by atoms with Crippen molar-refractivity contribution in [3.05, 3.63) is 70.7 Å². The van der Waals surface area contributed by atoms with E-state index in [9.17, 15) is 4.79 Å². The fourth-order valence-corrected chi connectivity index (χ4v) is 2.91. The molecule has 0 aliphatic rings. The van der Waals surface area contributed by atoms with E-state index >= 15 is 0 Å². The zero-order valence-corrected chi connectivity index (χ0v) is 15.3. The number of hydrogen-bond acceptors (Lipinski definition) is 4. The van der Waals surface area contributed by atoms with E-state index in [0.717, 1.165) is 11.3 Å². The van der Waals surface area contributed by atoms with E-state index in [1.54, 1.807) is 24.3 Å². The number of rotatable bonds is 5. The van der Waals surface area contributed by atoms with Crippen LogP contribution in [0.4, 0.5) is 5.69 Å². The Hall–Kier alpha value is -2.08. The number of anilines is 1. The van der Waals surface area contributed by atoms with E-state index in [-0.39, 0.29) is 11.7 Å². The molecule has 2 aromatic carbocycles. The molecule has 4 nitrogen and oxygen atoms in total. The number of nitrogens with one attached hydrogen (secondary N) is 1. The van der Waals surface area contributed by atoms with Gasteiger partial charge in [-0.05, 0) is 48.5 Å². The standard InChI is InChI=1S/C18H13Cl2N3OS/c19-13-3-1-12(2-4-13)16-9-10-18(23-22-16)25-11-17(24)21-15-7-5-14(20)6-8-15/h1-10H,11H2,(H,21,24). The van der Waals surface area contributed by atoms with Crippen molar-refractivity contribution in [2.24, 2.45) is 0 Å². The number of aromatic nitrogens is 2. The van der Waals surface area contributed by atoms with Gasteiger partial charge in [-0.2, -0.15) is 0 Å². The molecule has 3 aromatic rings. The minimum absolute atomic E-state index is 0.115. The zero-order valence-electron chi connectivity index (χ0n) is 12.9. The van der Waals surface area contributed by atoms with Crippen molar-refractivity contribution in [1.82, 2.24) is 10.2 Å². The number of nitrogens with zero attached hydrogens (tertiary/aromatic N) is 2. The summed E-state index contributed by atoms with van der Waals surface area (Å²) >= 11 is 13.0. The predicted octanol–water partition coefficient (Wildman–Crippen LogP) is 5.18. The van der Waals surface area contributed by atoms with Crippen LogP contribution in [-0.2, 0) is 4.79 Å². The molecule has 0 fully saturated rings. The second-order valence-electron chi connectivity index (χ2n) is 5.11. The Balaban J connectivity index is 1.55. The second-order valence-corrected chi connectivity index (χ2v) is 6.98. The van der Waals surface area contributed by atoms with E-state index in [0.29, 0.717) is 20.8 Å².